The standard InChI is InChI=1S/C12H14ClNO3/c1-12(2,3)14-10(15)9-7(11(16)17)5-4-6-8(9)13/h4-6H,1-3H3,(H,14,15)(H,16,17). The lowest BCUT2D eigenvalue weighted by molar-refractivity contribution is 0.0689. The van der Waals surface area contributed by atoms with Gasteiger partial charge < -0.3 is 10.4 Å². The Hall–Kier alpha value is -1.55. The molecule has 4 nitrogen and oxygen atoms in total. The van der Waals surface area contributed by atoms with Crippen LogP contribution < -0.4 is 5.32 Å². The number of hydrogen-bond acceptors (Lipinski definition) is 2. The van der Waals surface area contributed by atoms with Gasteiger partial charge in [-0.3, -0.25) is 4.79 Å². The average Bonchev–Trinajstić information content (AvgIpc) is 2.13. The van der Waals surface area contributed by atoms with Crippen LogP contribution >= 0.6 is 11.6 Å². The maximum absolute atomic E-state index is 11.9. The van der Waals surface area contributed by atoms with Gasteiger partial charge in [-0.25, -0.2) is 4.79 Å². The van der Waals surface area contributed by atoms with E-state index in [4.69, 9.17) is 16.7 Å². The number of halogens is 1. The Morgan fingerprint density at radius 3 is 2.35 bits per heavy atom. The predicted molar refractivity (Wildman–Crippen MR) is 65.6 cm³/mol. The summed E-state index contributed by atoms with van der Waals surface area (Å²) in [5, 5.41) is 11.8. The fourth-order valence-electron chi connectivity index (χ4n) is 1.34. The van der Waals surface area contributed by atoms with Crippen LogP contribution in [0.2, 0.25) is 5.02 Å². The van der Waals surface area contributed by atoms with E-state index in [1.54, 1.807) is 0 Å². The molecule has 0 spiro atoms. The van der Waals surface area contributed by atoms with Crippen LogP contribution in [0.15, 0.2) is 18.2 Å². The van der Waals surface area contributed by atoms with E-state index in [0.717, 1.165) is 0 Å². The highest BCUT2D eigenvalue weighted by atomic mass is 35.5. The second-order valence-electron chi connectivity index (χ2n) is 4.67. The molecule has 0 saturated heterocycles. The Bertz CT molecular complexity index is 463. The van der Waals surface area contributed by atoms with Crippen LogP contribution in [-0.4, -0.2) is 22.5 Å². The Morgan fingerprint density at radius 2 is 1.88 bits per heavy atom. The lowest BCUT2D eigenvalue weighted by Crippen LogP contribution is -2.41. The first-order chi connectivity index (χ1) is 7.72. The zero-order chi connectivity index (χ0) is 13.2. The van der Waals surface area contributed by atoms with E-state index >= 15 is 0 Å². The molecular weight excluding hydrogens is 242 g/mol. The van der Waals surface area contributed by atoms with Crippen LogP contribution in [0.25, 0.3) is 0 Å². The van der Waals surface area contributed by atoms with Gasteiger partial charge in [-0.1, -0.05) is 17.7 Å². The molecule has 0 fully saturated rings. The number of carbonyl (C=O) groups excluding carboxylic acids is 1. The van der Waals surface area contributed by atoms with Crippen LogP contribution in [0.5, 0.6) is 0 Å². The number of rotatable bonds is 2. The Labute approximate surface area is 105 Å². The van der Waals surface area contributed by atoms with Crippen molar-refractivity contribution in [2.24, 2.45) is 0 Å². The first-order valence-corrected chi connectivity index (χ1v) is 5.44. The fraction of sp³-hybridized carbons (Fsp3) is 0.333. The van der Waals surface area contributed by atoms with E-state index in [2.05, 4.69) is 5.32 Å². The second-order valence-corrected chi connectivity index (χ2v) is 5.08. The summed E-state index contributed by atoms with van der Waals surface area (Å²) in [5.41, 5.74) is -0.553. The van der Waals surface area contributed by atoms with Gasteiger partial charge >= 0.3 is 5.97 Å². The van der Waals surface area contributed by atoms with E-state index < -0.39 is 17.4 Å². The molecule has 0 aliphatic heterocycles. The van der Waals surface area contributed by atoms with Crippen LogP contribution in [0.4, 0.5) is 0 Å². The molecule has 0 radical (unpaired) electrons. The molecule has 0 saturated carbocycles. The Kier molecular flexibility index (Phi) is 3.78. The molecule has 1 amide bonds. The van der Waals surface area contributed by atoms with Gasteiger partial charge in [0.25, 0.3) is 5.91 Å². The molecule has 0 aliphatic rings. The van der Waals surface area contributed by atoms with Crippen molar-refractivity contribution in [2.75, 3.05) is 0 Å². The van der Waals surface area contributed by atoms with Crippen molar-refractivity contribution in [3.8, 4) is 0 Å². The van der Waals surface area contributed by atoms with Gasteiger partial charge in [0.05, 0.1) is 16.1 Å². The molecule has 1 aromatic carbocycles. The molecule has 0 bridgehead atoms. The minimum absolute atomic E-state index is 0.00316. The summed E-state index contributed by atoms with van der Waals surface area (Å²) < 4.78 is 0. The fourth-order valence-corrected chi connectivity index (χ4v) is 1.60. The highest BCUT2D eigenvalue weighted by Gasteiger charge is 2.23. The van der Waals surface area contributed by atoms with Gasteiger partial charge in [-0.05, 0) is 32.9 Å². The Morgan fingerprint density at radius 1 is 1.29 bits per heavy atom. The summed E-state index contributed by atoms with van der Waals surface area (Å²) in [6, 6.07) is 4.34. The quantitative estimate of drug-likeness (QED) is 0.854. The number of amides is 1. The molecule has 1 rings (SSSR count). The number of nitrogens with one attached hydrogen (secondary N) is 1. The maximum atomic E-state index is 11.9. The molecule has 17 heavy (non-hydrogen) atoms. The second kappa shape index (κ2) is 4.75. The highest BCUT2D eigenvalue weighted by Crippen LogP contribution is 2.21. The van der Waals surface area contributed by atoms with Crippen molar-refractivity contribution in [1.29, 1.82) is 0 Å². The smallest absolute Gasteiger partial charge is 0.336 e. The van der Waals surface area contributed by atoms with Crippen molar-refractivity contribution in [1.82, 2.24) is 5.32 Å². The zero-order valence-electron chi connectivity index (χ0n) is 9.87. The lowest BCUT2D eigenvalue weighted by atomic mass is 10.0. The number of carboxylic acids is 1. The SMILES string of the molecule is CC(C)(C)NC(=O)c1c(Cl)cccc1C(=O)O. The normalized spacial score (nSPS) is 11.1. The Balaban J connectivity index is 3.21. The van der Waals surface area contributed by atoms with E-state index in [0.29, 0.717) is 0 Å². The van der Waals surface area contributed by atoms with Gasteiger partial charge in [-0.2, -0.15) is 0 Å². The third-order valence-electron chi connectivity index (χ3n) is 1.96. The van der Waals surface area contributed by atoms with Crippen molar-refractivity contribution >= 4 is 23.5 Å². The van der Waals surface area contributed by atoms with Crippen LogP contribution in [-0.2, 0) is 0 Å². The van der Waals surface area contributed by atoms with Gasteiger partial charge in [0.2, 0.25) is 0 Å². The number of benzene rings is 1. The van der Waals surface area contributed by atoms with E-state index in [1.807, 2.05) is 20.8 Å². The highest BCUT2D eigenvalue weighted by molar-refractivity contribution is 6.34. The van der Waals surface area contributed by atoms with Crippen LogP contribution in [0.1, 0.15) is 41.5 Å². The first kappa shape index (κ1) is 13.5. The van der Waals surface area contributed by atoms with Crippen LogP contribution in [0.3, 0.4) is 0 Å². The first-order valence-electron chi connectivity index (χ1n) is 5.06. The minimum atomic E-state index is -1.17. The summed E-state index contributed by atoms with van der Waals surface area (Å²) in [7, 11) is 0. The van der Waals surface area contributed by atoms with Gasteiger partial charge in [0, 0.05) is 5.54 Å². The summed E-state index contributed by atoms with van der Waals surface area (Å²) in [5.74, 6) is -1.66. The lowest BCUT2D eigenvalue weighted by Gasteiger charge is -2.21. The third-order valence-corrected chi connectivity index (χ3v) is 2.27. The van der Waals surface area contributed by atoms with E-state index in [9.17, 15) is 9.59 Å². The summed E-state index contributed by atoms with van der Waals surface area (Å²) in [4.78, 5) is 23.0. The van der Waals surface area contributed by atoms with Crippen molar-refractivity contribution in [2.45, 2.75) is 26.3 Å². The molecule has 1 aromatic rings. The number of carboxylic acid groups (broad SMARTS) is 1. The largest absolute Gasteiger partial charge is 0.478 e. The molecule has 0 atom stereocenters. The summed E-state index contributed by atoms with van der Waals surface area (Å²) in [6.07, 6.45) is 0. The third kappa shape index (κ3) is 3.46. The van der Waals surface area contributed by atoms with E-state index in [1.165, 1.54) is 18.2 Å². The van der Waals surface area contributed by atoms with Gasteiger partial charge in [0.1, 0.15) is 0 Å². The topological polar surface area (TPSA) is 66.4 Å². The molecule has 92 valence electrons. The van der Waals surface area contributed by atoms with Crippen LogP contribution in [0, 0.1) is 0 Å². The van der Waals surface area contributed by atoms with Gasteiger partial charge in [0.15, 0.2) is 0 Å². The molecule has 5 heteroatoms. The monoisotopic (exact) mass is 255 g/mol. The molecule has 0 aliphatic carbocycles. The molecule has 0 unspecified atom stereocenters. The zero-order valence-corrected chi connectivity index (χ0v) is 10.6. The molecule has 0 aromatic heterocycles. The number of hydrogen-bond donors (Lipinski definition) is 2. The molecule has 0 heterocycles. The predicted octanol–water partition coefficient (Wildman–Crippen LogP) is 2.57. The van der Waals surface area contributed by atoms with Crippen molar-refractivity contribution < 1.29 is 14.7 Å². The number of carbonyl (C=O) groups is 2. The van der Waals surface area contributed by atoms with E-state index in [-0.39, 0.29) is 16.1 Å². The van der Waals surface area contributed by atoms with Crippen molar-refractivity contribution in [3.05, 3.63) is 34.3 Å². The maximum Gasteiger partial charge on any atom is 0.336 e. The number of aromatic carboxylic acids is 1. The van der Waals surface area contributed by atoms with Crippen molar-refractivity contribution in [3.63, 3.8) is 0 Å². The minimum Gasteiger partial charge on any atom is -0.478 e. The molecule has 2 N–H and O–H groups in total. The summed E-state index contributed by atoms with van der Waals surface area (Å²) in [6.45, 7) is 5.42. The summed E-state index contributed by atoms with van der Waals surface area (Å²) >= 11 is 5.87. The van der Waals surface area contributed by atoms with Gasteiger partial charge in [-0.15, -0.1) is 0 Å². The molecular formula is C12H14ClNO3. The average molecular weight is 256 g/mol.